The minimum absolute atomic E-state index is 0.161. The SMILES string of the molecule is COc1ccccc1/C=C/C(=O)Nc1ccc(C)c(S(=O)(=O)N(C)C)c1. The monoisotopic (exact) mass is 374 g/mol. The van der Waals surface area contributed by atoms with Gasteiger partial charge in [-0.05, 0) is 36.8 Å². The molecule has 7 heteroatoms. The molecule has 2 aromatic carbocycles. The maximum absolute atomic E-state index is 12.4. The lowest BCUT2D eigenvalue weighted by atomic mass is 10.2. The van der Waals surface area contributed by atoms with Crippen LogP contribution in [0.2, 0.25) is 0 Å². The summed E-state index contributed by atoms with van der Waals surface area (Å²) in [6.45, 7) is 1.71. The van der Waals surface area contributed by atoms with E-state index < -0.39 is 10.0 Å². The van der Waals surface area contributed by atoms with Crippen LogP contribution in [-0.4, -0.2) is 39.8 Å². The van der Waals surface area contributed by atoms with Crippen molar-refractivity contribution < 1.29 is 17.9 Å². The largest absolute Gasteiger partial charge is 0.496 e. The lowest BCUT2D eigenvalue weighted by Gasteiger charge is -2.14. The zero-order chi connectivity index (χ0) is 19.3. The molecule has 1 amide bonds. The molecule has 1 N–H and O–H groups in total. The third-order valence-corrected chi connectivity index (χ3v) is 5.72. The first-order valence-corrected chi connectivity index (χ1v) is 9.35. The van der Waals surface area contributed by atoms with Crippen molar-refractivity contribution >= 4 is 27.7 Å². The fraction of sp³-hybridized carbons (Fsp3) is 0.211. The van der Waals surface area contributed by atoms with E-state index in [-0.39, 0.29) is 10.8 Å². The Kier molecular flexibility index (Phi) is 6.18. The number of nitrogens with zero attached hydrogens (tertiary/aromatic N) is 1. The van der Waals surface area contributed by atoms with E-state index in [1.54, 1.807) is 38.3 Å². The molecule has 0 saturated heterocycles. The summed E-state index contributed by atoms with van der Waals surface area (Å²) >= 11 is 0. The van der Waals surface area contributed by atoms with Gasteiger partial charge in [0.2, 0.25) is 15.9 Å². The number of amides is 1. The average Bonchev–Trinajstić information content (AvgIpc) is 2.61. The van der Waals surface area contributed by atoms with E-state index >= 15 is 0 Å². The highest BCUT2D eigenvalue weighted by Gasteiger charge is 2.20. The number of aryl methyl sites for hydroxylation is 1. The molecule has 0 unspecified atom stereocenters. The second-order valence-corrected chi connectivity index (χ2v) is 7.95. The number of anilines is 1. The molecule has 0 aliphatic heterocycles. The topological polar surface area (TPSA) is 75.7 Å². The molecule has 2 aromatic rings. The lowest BCUT2D eigenvalue weighted by molar-refractivity contribution is -0.111. The van der Waals surface area contributed by atoms with Crippen LogP contribution >= 0.6 is 0 Å². The number of para-hydroxylation sites is 1. The van der Waals surface area contributed by atoms with E-state index in [1.807, 2.05) is 18.2 Å². The van der Waals surface area contributed by atoms with Crippen LogP contribution in [0.5, 0.6) is 5.75 Å². The third-order valence-electron chi connectivity index (χ3n) is 3.77. The predicted octanol–water partition coefficient (Wildman–Crippen LogP) is 2.91. The average molecular weight is 374 g/mol. The molecule has 0 aliphatic rings. The number of hydrogen-bond donors (Lipinski definition) is 1. The number of carbonyl (C=O) groups excluding carboxylic acids is 1. The summed E-state index contributed by atoms with van der Waals surface area (Å²) in [6.07, 6.45) is 3.01. The number of hydrogen-bond acceptors (Lipinski definition) is 4. The van der Waals surface area contributed by atoms with Crippen molar-refractivity contribution in [3.05, 3.63) is 59.7 Å². The van der Waals surface area contributed by atoms with Gasteiger partial charge in [-0.1, -0.05) is 24.3 Å². The summed E-state index contributed by atoms with van der Waals surface area (Å²) in [7, 11) is 0.915. The van der Waals surface area contributed by atoms with Gasteiger partial charge in [0, 0.05) is 31.4 Å². The molecule has 6 nitrogen and oxygen atoms in total. The molecular formula is C19H22N2O4S. The van der Waals surface area contributed by atoms with Gasteiger partial charge in [-0.15, -0.1) is 0 Å². The first-order valence-electron chi connectivity index (χ1n) is 7.91. The zero-order valence-corrected chi connectivity index (χ0v) is 16.0. The Morgan fingerprint density at radius 1 is 1.15 bits per heavy atom. The number of nitrogens with one attached hydrogen (secondary N) is 1. The Hall–Kier alpha value is -2.64. The summed E-state index contributed by atoms with van der Waals surface area (Å²) < 4.78 is 31.1. The number of rotatable bonds is 6. The Balaban J connectivity index is 2.21. The highest BCUT2D eigenvalue weighted by molar-refractivity contribution is 7.89. The fourth-order valence-electron chi connectivity index (χ4n) is 2.31. The molecule has 26 heavy (non-hydrogen) atoms. The van der Waals surface area contributed by atoms with Crippen molar-refractivity contribution in [1.29, 1.82) is 0 Å². The molecule has 0 radical (unpaired) electrons. The van der Waals surface area contributed by atoms with Crippen LogP contribution in [-0.2, 0) is 14.8 Å². The second-order valence-electron chi connectivity index (χ2n) is 5.83. The Morgan fingerprint density at radius 2 is 1.85 bits per heavy atom. The Bertz CT molecular complexity index is 934. The minimum atomic E-state index is -3.58. The molecule has 138 valence electrons. The molecule has 0 aromatic heterocycles. The van der Waals surface area contributed by atoms with Crippen LogP contribution in [0.3, 0.4) is 0 Å². The number of benzene rings is 2. The van der Waals surface area contributed by atoms with Gasteiger partial charge in [0.1, 0.15) is 5.75 Å². The maximum Gasteiger partial charge on any atom is 0.248 e. The van der Waals surface area contributed by atoms with Gasteiger partial charge in [0.05, 0.1) is 12.0 Å². The van der Waals surface area contributed by atoms with Crippen LogP contribution in [0.25, 0.3) is 6.08 Å². The smallest absolute Gasteiger partial charge is 0.248 e. The van der Waals surface area contributed by atoms with E-state index in [1.165, 1.54) is 26.2 Å². The van der Waals surface area contributed by atoms with E-state index in [0.29, 0.717) is 17.0 Å². The van der Waals surface area contributed by atoms with E-state index in [9.17, 15) is 13.2 Å². The number of sulfonamides is 1. The highest BCUT2D eigenvalue weighted by atomic mass is 32.2. The van der Waals surface area contributed by atoms with E-state index in [0.717, 1.165) is 9.87 Å². The summed E-state index contributed by atoms with van der Waals surface area (Å²) in [6, 6.07) is 12.1. The van der Waals surface area contributed by atoms with Crippen molar-refractivity contribution in [2.75, 3.05) is 26.5 Å². The molecular weight excluding hydrogens is 352 g/mol. The lowest BCUT2D eigenvalue weighted by Crippen LogP contribution is -2.23. The molecule has 0 bridgehead atoms. The predicted molar refractivity (Wildman–Crippen MR) is 103 cm³/mol. The van der Waals surface area contributed by atoms with Gasteiger partial charge < -0.3 is 10.1 Å². The van der Waals surface area contributed by atoms with Gasteiger partial charge in [-0.3, -0.25) is 4.79 Å². The number of methoxy groups -OCH3 is 1. The van der Waals surface area contributed by atoms with Gasteiger partial charge in [-0.25, -0.2) is 12.7 Å². The second kappa shape index (κ2) is 8.16. The summed E-state index contributed by atoms with van der Waals surface area (Å²) in [5.41, 5.74) is 1.79. The molecule has 0 saturated carbocycles. The number of carbonyl (C=O) groups is 1. The Labute approximate surface area is 154 Å². The van der Waals surface area contributed by atoms with Crippen LogP contribution < -0.4 is 10.1 Å². The van der Waals surface area contributed by atoms with E-state index in [2.05, 4.69) is 5.32 Å². The molecule has 0 aliphatic carbocycles. The normalized spacial score (nSPS) is 11.7. The van der Waals surface area contributed by atoms with Crippen LogP contribution in [0.4, 0.5) is 5.69 Å². The fourth-order valence-corrected chi connectivity index (χ4v) is 3.45. The van der Waals surface area contributed by atoms with Crippen LogP contribution in [0.1, 0.15) is 11.1 Å². The van der Waals surface area contributed by atoms with Gasteiger partial charge in [0.15, 0.2) is 0 Å². The Morgan fingerprint density at radius 3 is 2.50 bits per heavy atom. The first kappa shape index (κ1) is 19.7. The molecule has 0 spiro atoms. The molecule has 2 rings (SSSR count). The summed E-state index contributed by atoms with van der Waals surface area (Å²) in [4.78, 5) is 12.3. The summed E-state index contributed by atoms with van der Waals surface area (Å²) in [5.74, 6) is 0.291. The standard InChI is InChI=1S/C19H22N2O4S/c1-14-9-11-16(13-18(14)26(23,24)21(2)3)20-19(22)12-10-15-7-5-6-8-17(15)25-4/h5-13H,1-4H3,(H,20,22)/b12-10+. The van der Waals surface area contributed by atoms with Crippen molar-refractivity contribution in [2.45, 2.75) is 11.8 Å². The first-order chi connectivity index (χ1) is 12.3. The van der Waals surface area contributed by atoms with Crippen molar-refractivity contribution in [2.24, 2.45) is 0 Å². The molecule has 0 fully saturated rings. The van der Waals surface area contributed by atoms with Crippen molar-refractivity contribution in [1.82, 2.24) is 4.31 Å². The zero-order valence-electron chi connectivity index (χ0n) is 15.2. The van der Waals surface area contributed by atoms with E-state index in [4.69, 9.17) is 4.74 Å². The number of ether oxygens (including phenoxy) is 1. The third kappa shape index (κ3) is 4.50. The van der Waals surface area contributed by atoms with Crippen molar-refractivity contribution in [3.8, 4) is 5.75 Å². The maximum atomic E-state index is 12.4. The van der Waals surface area contributed by atoms with Gasteiger partial charge >= 0.3 is 0 Å². The molecule has 0 heterocycles. The van der Waals surface area contributed by atoms with Crippen LogP contribution in [0, 0.1) is 6.92 Å². The highest BCUT2D eigenvalue weighted by Crippen LogP contribution is 2.23. The van der Waals surface area contributed by atoms with Crippen molar-refractivity contribution in [3.63, 3.8) is 0 Å². The van der Waals surface area contributed by atoms with Gasteiger partial charge in [-0.2, -0.15) is 0 Å². The quantitative estimate of drug-likeness (QED) is 0.789. The summed E-state index contributed by atoms with van der Waals surface area (Å²) in [5, 5.41) is 2.68. The minimum Gasteiger partial charge on any atom is -0.496 e. The molecule has 0 atom stereocenters. The van der Waals surface area contributed by atoms with Crippen LogP contribution in [0.15, 0.2) is 53.4 Å². The van der Waals surface area contributed by atoms with Gasteiger partial charge in [0.25, 0.3) is 0 Å².